The van der Waals surface area contributed by atoms with Crippen LogP contribution in [-0.4, -0.2) is 5.25 Å². The minimum absolute atomic E-state index is 0.102. The van der Waals surface area contributed by atoms with Crippen LogP contribution in [0.2, 0.25) is 5.02 Å². The molecule has 1 atom stereocenters. The van der Waals surface area contributed by atoms with Crippen LogP contribution < -0.4 is 0 Å². The first-order valence-electron chi connectivity index (χ1n) is 4.52. The van der Waals surface area contributed by atoms with Crippen LogP contribution in [0.3, 0.4) is 0 Å². The molecule has 0 saturated carbocycles. The maximum atomic E-state index is 8.76. The Balaban J connectivity index is 2.46. The maximum Gasteiger partial charge on any atom is 0.0917 e. The van der Waals surface area contributed by atoms with E-state index in [4.69, 9.17) is 16.9 Å². The fourth-order valence-corrected chi connectivity index (χ4v) is 2.05. The molecule has 0 spiro atoms. The van der Waals surface area contributed by atoms with Crippen LogP contribution in [0.15, 0.2) is 24.3 Å². The predicted octanol–water partition coefficient (Wildman–Crippen LogP) is 3.88. The molecule has 3 heteroatoms. The third-order valence-electron chi connectivity index (χ3n) is 1.88. The quantitative estimate of drug-likeness (QED) is 0.777. The molecule has 0 aromatic heterocycles. The largest absolute Gasteiger partial charge is 0.197 e. The van der Waals surface area contributed by atoms with Crippen LogP contribution in [-0.2, 0) is 5.75 Å². The van der Waals surface area contributed by atoms with Crippen molar-refractivity contribution in [2.24, 2.45) is 0 Å². The Morgan fingerprint density at radius 2 is 2.07 bits per heavy atom. The Morgan fingerprint density at radius 3 is 2.57 bits per heavy atom. The molecule has 0 N–H and O–H groups in total. The predicted molar refractivity (Wildman–Crippen MR) is 62.4 cm³/mol. The average Bonchev–Trinajstić information content (AvgIpc) is 2.22. The van der Waals surface area contributed by atoms with Gasteiger partial charge in [-0.3, -0.25) is 0 Å². The molecule has 14 heavy (non-hydrogen) atoms. The number of hydrogen-bond acceptors (Lipinski definition) is 2. The Hall–Kier alpha value is -0.650. The molecule has 0 saturated heterocycles. The second-order valence-electron chi connectivity index (χ2n) is 2.96. The van der Waals surface area contributed by atoms with Crippen LogP contribution in [0.4, 0.5) is 0 Å². The van der Waals surface area contributed by atoms with Gasteiger partial charge >= 0.3 is 0 Å². The van der Waals surface area contributed by atoms with Gasteiger partial charge in [0.15, 0.2) is 0 Å². The lowest BCUT2D eigenvalue weighted by Gasteiger charge is -2.05. The first-order chi connectivity index (χ1) is 6.76. The van der Waals surface area contributed by atoms with Gasteiger partial charge in [-0.05, 0) is 24.1 Å². The minimum atomic E-state index is 0.102. The SMILES string of the molecule is CCC(C#N)SCc1ccc(Cl)cc1. The van der Waals surface area contributed by atoms with Gasteiger partial charge < -0.3 is 0 Å². The third kappa shape index (κ3) is 3.61. The summed E-state index contributed by atoms with van der Waals surface area (Å²) >= 11 is 7.45. The molecular formula is C11H12ClNS. The fraction of sp³-hybridized carbons (Fsp3) is 0.364. The molecule has 1 rings (SSSR count). The number of halogens is 1. The molecule has 0 radical (unpaired) electrons. The van der Waals surface area contributed by atoms with Gasteiger partial charge in [0.05, 0.1) is 11.3 Å². The van der Waals surface area contributed by atoms with E-state index in [-0.39, 0.29) is 5.25 Å². The smallest absolute Gasteiger partial charge is 0.0917 e. The van der Waals surface area contributed by atoms with Crippen molar-refractivity contribution in [2.75, 3.05) is 0 Å². The molecule has 0 aliphatic heterocycles. The van der Waals surface area contributed by atoms with Crippen molar-refractivity contribution in [3.63, 3.8) is 0 Å². The summed E-state index contributed by atoms with van der Waals surface area (Å²) in [6.07, 6.45) is 0.898. The average molecular weight is 226 g/mol. The van der Waals surface area contributed by atoms with Crippen LogP contribution >= 0.6 is 23.4 Å². The molecule has 0 fully saturated rings. The van der Waals surface area contributed by atoms with Crippen molar-refractivity contribution in [1.29, 1.82) is 5.26 Å². The molecule has 1 aromatic rings. The second kappa shape index (κ2) is 5.95. The molecule has 0 bridgehead atoms. The zero-order valence-corrected chi connectivity index (χ0v) is 9.61. The molecule has 74 valence electrons. The summed E-state index contributed by atoms with van der Waals surface area (Å²) in [5.74, 6) is 0.878. The number of hydrogen-bond donors (Lipinski definition) is 0. The molecule has 1 nitrogen and oxygen atoms in total. The highest BCUT2D eigenvalue weighted by Crippen LogP contribution is 2.20. The monoisotopic (exact) mass is 225 g/mol. The lowest BCUT2D eigenvalue weighted by atomic mass is 10.2. The Kier molecular flexibility index (Phi) is 4.86. The van der Waals surface area contributed by atoms with E-state index >= 15 is 0 Å². The van der Waals surface area contributed by atoms with E-state index in [1.165, 1.54) is 5.56 Å². The van der Waals surface area contributed by atoms with Crippen LogP contribution in [0.1, 0.15) is 18.9 Å². The van der Waals surface area contributed by atoms with Gasteiger partial charge in [0.25, 0.3) is 0 Å². The lowest BCUT2D eigenvalue weighted by molar-refractivity contribution is 0.984. The summed E-state index contributed by atoms with van der Waals surface area (Å²) in [4.78, 5) is 0. The normalized spacial score (nSPS) is 12.1. The maximum absolute atomic E-state index is 8.76. The van der Waals surface area contributed by atoms with E-state index in [1.807, 2.05) is 31.2 Å². The van der Waals surface area contributed by atoms with E-state index in [1.54, 1.807) is 11.8 Å². The summed E-state index contributed by atoms with van der Waals surface area (Å²) in [5, 5.41) is 9.61. The van der Waals surface area contributed by atoms with Crippen molar-refractivity contribution in [1.82, 2.24) is 0 Å². The summed E-state index contributed by atoms with van der Waals surface area (Å²) < 4.78 is 0. The summed E-state index contributed by atoms with van der Waals surface area (Å²) in [7, 11) is 0. The molecule has 0 amide bonds. The molecule has 0 aliphatic carbocycles. The van der Waals surface area contributed by atoms with Gasteiger partial charge in [-0.1, -0.05) is 30.7 Å². The molecule has 0 aliphatic rings. The van der Waals surface area contributed by atoms with Gasteiger partial charge in [-0.25, -0.2) is 0 Å². The van der Waals surface area contributed by atoms with Crippen LogP contribution in [0.25, 0.3) is 0 Å². The lowest BCUT2D eigenvalue weighted by Crippen LogP contribution is -1.96. The topological polar surface area (TPSA) is 23.8 Å². The minimum Gasteiger partial charge on any atom is -0.197 e. The standard InChI is InChI=1S/C11H12ClNS/c1-2-11(7-13)14-8-9-3-5-10(12)6-4-9/h3-6,11H,2,8H2,1H3. The fourth-order valence-electron chi connectivity index (χ4n) is 1.02. The third-order valence-corrected chi connectivity index (χ3v) is 3.47. The van der Waals surface area contributed by atoms with Crippen molar-refractivity contribution in [2.45, 2.75) is 24.3 Å². The van der Waals surface area contributed by atoms with Crippen molar-refractivity contribution < 1.29 is 0 Å². The molecule has 1 aromatic carbocycles. The molecule has 1 unspecified atom stereocenters. The first kappa shape index (κ1) is 11.4. The van der Waals surface area contributed by atoms with Gasteiger partial charge in [-0.15, -0.1) is 11.8 Å². The Morgan fingerprint density at radius 1 is 1.43 bits per heavy atom. The highest BCUT2D eigenvalue weighted by Gasteiger charge is 2.04. The van der Waals surface area contributed by atoms with E-state index in [0.717, 1.165) is 17.2 Å². The number of thioether (sulfide) groups is 1. The van der Waals surface area contributed by atoms with E-state index < -0.39 is 0 Å². The Labute approximate surface area is 94.1 Å². The van der Waals surface area contributed by atoms with Crippen molar-refractivity contribution >= 4 is 23.4 Å². The van der Waals surface area contributed by atoms with Gasteiger partial charge in [-0.2, -0.15) is 5.26 Å². The van der Waals surface area contributed by atoms with E-state index in [9.17, 15) is 0 Å². The highest BCUT2D eigenvalue weighted by atomic mass is 35.5. The number of nitriles is 1. The van der Waals surface area contributed by atoms with E-state index in [0.29, 0.717) is 0 Å². The van der Waals surface area contributed by atoms with Crippen molar-refractivity contribution in [3.05, 3.63) is 34.9 Å². The molecule has 0 heterocycles. The summed E-state index contributed by atoms with van der Waals surface area (Å²) in [6.45, 7) is 2.03. The number of rotatable bonds is 4. The number of nitrogens with zero attached hydrogens (tertiary/aromatic N) is 1. The van der Waals surface area contributed by atoms with Crippen LogP contribution in [0, 0.1) is 11.3 Å². The zero-order chi connectivity index (χ0) is 10.4. The second-order valence-corrected chi connectivity index (χ2v) is 4.59. The summed E-state index contributed by atoms with van der Waals surface area (Å²) in [6, 6.07) is 10.0. The first-order valence-corrected chi connectivity index (χ1v) is 5.94. The van der Waals surface area contributed by atoms with Gasteiger partial charge in [0.1, 0.15) is 0 Å². The van der Waals surface area contributed by atoms with Crippen molar-refractivity contribution in [3.8, 4) is 6.07 Å². The number of benzene rings is 1. The van der Waals surface area contributed by atoms with E-state index in [2.05, 4.69) is 6.07 Å². The molecular weight excluding hydrogens is 214 g/mol. The van der Waals surface area contributed by atoms with Crippen LogP contribution in [0.5, 0.6) is 0 Å². The highest BCUT2D eigenvalue weighted by molar-refractivity contribution is 7.99. The summed E-state index contributed by atoms with van der Waals surface area (Å²) in [5.41, 5.74) is 1.22. The Bertz CT molecular complexity index is 315. The van der Waals surface area contributed by atoms with Gasteiger partial charge in [0.2, 0.25) is 0 Å². The zero-order valence-electron chi connectivity index (χ0n) is 8.03. The van der Waals surface area contributed by atoms with Gasteiger partial charge in [0, 0.05) is 10.8 Å².